The quantitative estimate of drug-likeness (QED) is 0.702. The van der Waals surface area contributed by atoms with Gasteiger partial charge in [0.1, 0.15) is 19.0 Å². The third-order valence-corrected chi connectivity index (χ3v) is 3.80. The Bertz CT molecular complexity index is 709. The second kappa shape index (κ2) is 8.23. The Balaban J connectivity index is 1.43. The van der Waals surface area contributed by atoms with E-state index < -0.39 is 0 Å². The highest BCUT2D eigenvalue weighted by atomic mass is 16.6. The van der Waals surface area contributed by atoms with Gasteiger partial charge in [0.25, 0.3) is 0 Å². The number of hydrogen-bond donors (Lipinski definition) is 3. The van der Waals surface area contributed by atoms with Crippen LogP contribution in [-0.4, -0.2) is 37.3 Å². The minimum atomic E-state index is -0.217. The van der Waals surface area contributed by atoms with Crippen LogP contribution < -0.4 is 25.4 Å². The lowest BCUT2D eigenvalue weighted by atomic mass is 10.1. The van der Waals surface area contributed by atoms with Crippen LogP contribution in [-0.2, 0) is 0 Å². The number of benzene rings is 1. The number of amides is 2. The van der Waals surface area contributed by atoms with Crippen molar-refractivity contribution in [2.75, 3.05) is 31.6 Å². The van der Waals surface area contributed by atoms with Crippen molar-refractivity contribution in [3.05, 3.63) is 48.2 Å². The van der Waals surface area contributed by atoms with Gasteiger partial charge in [-0.15, -0.1) is 0 Å². The predicted octanol–water partition coefficient (Wildman–Crippen LogP) is 2.33. The second-order valence-corrected chi connectivity index (χ2v) is 5.67. The van der Waals surface area contributed by atoms with Crippen LogP contribution in [0.4, 0.5) is 10.6 Å². The Labute approximate surface area is 146 Å². The Hall–Kier alpha value is -2.96. The Kier molecular flexibility index (Phi) is 5.56. The number of nitrogens with zero attached hydrogens (tertiary/aromatic N) is 1. The van der Waals surface area contributed by atoms with Crippen LogP contribution in [0.25, 0.3) is 0 Å². The third kappa shape index (κ3) is 4.76. The van der Waals surface area contributed by atoms with Gasteiger partial charge in [0.15, 0.2) is 11.5 Å². The van der Waals surface area contributed by atoms with Gasteiger partial charge in [0, 0.05) is 19.3 Å². The van der Waals surface area contributed by atoms with Crippen LogP contribution in [0.5, 0.6) is 11.5 Å². The van der Waals surface area contributed by atoms with Crippen molar-refractivity contribution < 1.29 is 14.3 Å². The molecule has 2 aromatic rings. The lowest BCUT2D eigenvalue weighted by Gasteiger charge is -2.21. The zero-order valence-corrected chi connectivity index (χ0v) is 14.1. The van der Waals surface area contributed by atoms with E-state index in [1.807, 2.05) is 43.3 Å². The van der Waals surface area contributed by atoms with Gasteiger partial charge >= 0.3 is 6.03 Å². The highest BCUT2D eigenvalue weighted by molar-refractivity contribution is 5.74. The van der Waals surface area contributed by atoms with E-state index in [0.717, 1.165) is 22.9 Å². The molecule has 0 radical (unpaired) electrons. The molecule has 0 aliphatic carbocycles. The molecule has 1 atom stereocenters. The number of pyridine rings is 1. The first kappa shape index (κ1) is 16.9. The molecule has 2 amide bonds. The van der Waals surface area contributed by atoms with Crippen molar-refractivity contribution in [3.63, 3.8) is 0 Å². The average Bonchev–Trinajstić information content (AvgIpc) is 2.65. The fraction of sp³-hybridized carbons (Fsp3) is 0.333. The molecule has 3 rings (SSSR count). The molecule has 0 spiro atoms. The van der Waals surface area contributed by atoms with E-state index in [2.05, 4.69) is 20.9 Å². The SMILES string of the molecule is C[C@H](NC(=O)NCCNc1ccccn1)c1ccc2c(c1)OCCO2. The highest BCUT2D eigenvalue weighted by Gasteiger charge is 2.15. The number of nitrogens with one attached hydrogen (secondary N) is 3. The lowest BCUT2D eigenvalue weighted by Crippen LogP contribution is -2.39. The standard InChI is InChI=1S/C18H22N4O3/c1-13(14-5-6-15-16(12-14)25-11-10-24-15)22-18(23)21-9-8-20-17-4-2-3-7-19-17/h2-7,12-13H,8-11H2,1H3,(H,19,20)(H2,21,22,23)/t13-/m0/s1. The molecule has 1 aliphatic rings. The topological polar surface area (TPSA) is 84.5 Å². The normalized spacial score (nSPS) is 13.6. The second-order valence-electron chi connectivity index (χ2n) is 5.67. The summed E-state index contributed by atoms with van der Waals surface area (Å²) >= 11 is 0. The van der Waals surface area contributed by atoms with Gasteiger partial charge in [-0.3, -0.25) is 0 Å². The molecular weight excluding hydrogens is 320 g/mol. The molecule has 7 heteroatoms. The number of ether oxygens (including phenoxy) is 2. The molecule has 1 aromatic heterocycles. The van der Waals surface area contributed by atoms with E-state index in [9.17, 15) is 4.79 Å². The molecule has 3 N–H and O–H groups in total. The Morgan fingerprint density at radius 1 is 1.16 bits per heavy atom. The number of aromatic nitrogens is 1. The van der Waals surface area contributed by atoms with Crippen LogP contribution >= 0.6 is 0 Å². The summed E-state index contributed by atoms with van der Waals surface area (Å²) < 4.78 is 11.1. The Morgan fingerprint density at radius 2 is 2.00 bits per heavy atom. The van der Waals surface area contributed by atoms with Gasteiger partial charge < -0.3 is 25.4 Å². The van der Waals surface area contributed by atoms with Gasteiger partial charge in [-0.1, -0.05) is 12.1 Å². The number of anilines is 1. The molecular formula is C18H22N4O3. The summed E-state index contributed by atoms with van der Waals surface area (Å²) in [5, 5.41) is 8.87. The first-order chi connectivity index (χ1) is 12.2. The van der Waals surface area contributed by atoms with E-state index in [0.29, 0.717) is 26.3 Å². The summed E-state index contributed by atoms with van der Waals surface area (Å²) in [5.74, 6) is 2.25. The summed E-state index contributed by atoms with van der Waals surface area (Å²) in [5.41, 5.74) is 0.964. The smallest absolute Gasteiger partial charge is 0.315 e. The van der Waals surface area contributed by atoms with E-state index >= 15 is 0 Å². The van der Waals surface area contributed by atoms with E-state index in [1.165, 1.54) is 0 Å². The van der Waals surface area contributed by atoms with Crippen molar-refractivity contribution in [1.82, 2.24) is 15.6 Å². The molecule has 25 heavy (non-hydrogen) atoms. The van der Waals surface area contributed by atoms with Crippen molar-refractivity contribution in [2.45, 2.75) is 13.0 Å². The summed E-state index contributed by atoms with van der Waals surface area (Å²) in [6, 6.07) is 11.0. The van der Waals surface area contributed by atoms with Crippen LogP contribution in [0, 0.1) is 0 Å². The molecule has 0 saturated carbocycles. The molecule has 0 unspecified atom stereocenters. The van der Waals surface area contributed by atoms with Crippen molar-refractivity contribution in [3.8, 4) is 11.5 Å². The number of fused-ring (bicyclic) bond motifs is 1. The highest BCUT2D eigenvalue weighted by Crippen LogP contribution is 2.32. The van der Waals surface area contributed by atoms with Crippen LogP contribution in [0.3, 0.4) is 0 Å². The number of carbonyl (C=O) groups is 1. The minimum Gasteiger partial charge on any atom is -0.486 e. The number of carbonyl (C=O) groups excluding carboxylic acids is 1. The summed E-state index contributed by atoms with van der Waals surface area (Å²) in [6.07, 6.45) is 1.72. The molecule has 1 aliphatic heterocycles. The first-order valence-corrected chi connectivity index (χ1v) is 8.31. The lowest BCUT2D eigenvalue weighted by molar-refractivity contribution is 0.171. The van der Waals surface area contributed by atoms with Crippen LogP contribution in [0.2, 0.25) is 0 Å². The van der Waals surface area contributed by atoms with Crippen LogP contribution in [0.1, 0.15) is 18.5 Å². The van der Waals surface area contributed by atoms with Crippen LogP contribution in [0.15, 0.2) is 42.6 Å². The minimum absolute atomic E-state index is 0.139. The van der Waals surface area contributed by atoms with Gasteiger partial charge in [-0.05, 0) is 36.8 Å². The molecule has 2 heterocycles. The van der Waals surface area contributed by atoms with Gasteiger partial charge in [-0.25, -0.2) is 9.78 Å². The molecule has 7 nitrogen and oxygen atoms in total. The molecule has 1 aromatic carbocycles. The van der Waals surface area contributed by atoms with E-state index in [1.54, 1.807) is 6.20 Å². The van der Waals surface area contributed by atoms with E-state index in [4.69, 9.17) is 9.47 Å². The molecule has 0 fully saturated rings. The van der Waals surface area contributed by atoms with Crippen molar-refractivity contribution >= 4 is 11.8 Å². The third-order valence-electron chi connectivity index (χ3n) is 3.80. The molecule has 0 bridgehead atoms. The summed E-state index contributed by atoms with van der Waals surface area (Å²) in [6.45, 7) is 4.13. The monoisotopic (exact) mass is 342 g/mol. The van der Waals surface area contributed by atoms with E-state index in [-0.39, 0.29) is 12.1 Å². The maximum atomic E-state index is 12.0. The van der Waals surface area contributed by atoms with Crippen molar-refractivity contribution in [1.29, 1.82) is 0 Å². The largest absolute Gasteiger partial charge is 0.486 e. The maximum absolute atomic E-state index is 12.0. The molecule has 132 valence electrons. The van der Waals surface area contributed by atoms with Gasteiger partial charge in [0.05, 0.1) is 6.04 Å². The van der Waals surface area contributed by atoms with Gasteiger partial charge in [0.2, 0.25) is 0 Å². The number of urea groups is 1. The summed E-state index contributed by atoms with van der Waals surface area (Å²) in [4.78, 5) is 16.2. The maximum Gasteiger partial charge on any atom is 0.315 e. The predicted molar refractivity (Wildman–Crippen MR) is 95.1 cm³/mol. The van der Waals surface area contributed by atoms with Gasteiger partial charge in [-0.2, -0.15) is 0 Å². The molecule has 0 saturated heterocycles. The number of rotatable bonds is 6. The zero-order valence-electron chi connectivity index (χ0n) is 14.1. The summed E-state index contributed by atoms with van der Waals surface area (Å²) in [7, 11) is 0. The Morgan fingerprint density at radius 3 is 2.80 bits per heavy atom. The fourth-order valence-corrected chi connectivity index (χ4v) is 2.49. The zero-order chi connectivity index (χ0) is 17.5. The average molecular weight is 342 g/mol. The first-order valence-electron chi connectivity index (χ1n) is 8.31. The van der Waals surface area contributed by atoms with Crippen molar-refractivity contribution in [2.24, 2.45) is 0 Å². The fourth-order valence-electron chi connectivity index (χ4n) is 2.49. The number of hydrogen-bond acceptors (Lipinski definition) is 5.